The van der Waals surface area contributed by atoms with E-state index in [1.165, 1.54) is 16.7 Å². The van der Waals surface area contributed by atoms with Crippen LogP contribution in [0, 0.1) is 0 Å². The predicted octanol–water partition coefficient (Wildman–Crippen LogP) is 3.58. The smallest absolute Gasteiger partial charge is 0.125 e. The Kier molecular flexibility index (Phi) is 2.86. The van der Waals surface area contributed by atoms with Crippen molar-refractivity contribution in [2.75, 3.05) is 11.1 Å². The van der Waals surface area contributed by atoms with E-state index in [0.29, 0.717) is 5.82 Å². The van der Waals surface area contributed by atoms with Gasteiger partial charge < -0.3 is 11.1 Å². The summed E-state index contributed by atoms with van der Waals surface area (Å²) in [5, 5.41) is 3.70. The molecule has 0 atom stereocenters. The monoisotopic (exact) mass is 287 g/mol. The summed E-state index contributed by atoms with van der Waals surface area (Å²) in [4.78, 5) is 4.24. The summed E-state index contributed by atoms with van der Waals surface area (Å²) < 4.78 is 0. The molecular formula is C19H17N3. The molecule has 3 heteroatoms. The molecule has 3 N–H and O–H groups in total. The molecule has 0 saturated heterocycles. The van der Waals surface area contributed by atoms with Crippen LogP contribution in [0.25, 0.3) is 0 Å². The molecule has 22 heavy (non-hydrogen) atoms. The fraction of sp³-hybridized carbons (Fsp3) is 0.105. The number of rotatable bonds is 2. The third-order valence-corrected chi connectivity index (χ3v) is 4.34. The van der Waals surface area contributed by atoms with E-state index in [9.17, 15) is 0 Å². The maximum Gasteiger partial charge on any atom is 0.125 e. The van der Waals surface area contributed by atoms with Gasteiger partial charge >= 0.3 is 0 Å². The largest absolute Gasteiger partial charge is 0.384 e. The molecule has 0 amide bonds. The average molecular weight is 287 g/mol. The first-order chi connectivity index (χ1) is 10.8. The number of benzene rings is 2. The highest BCUT2D eigenvalue weighted by Crippen LogP contribution is 2.43. The third-order valence-electron chi connectivity index (χ3n) is 4.34. The Balaban J connectivity index is 1.90. The number of nitrogens with zero attached hydrogens (tertiary/aromatic N) is 1. The topological polar surface area (TPSA) is 50.9 Å². The van der Waals surface area contributed by atoms with Crippen LogP contribution < -0.4 is 11.1 Å². The number of anilines is 2. The van der Waals surface area contributed by atoms with Gasteiger partial charge in [0.25, 0.3) is 0 Å². The Morgan fingerprint density at radius 3 is 2.09 bits per heavy atom. The third kappa shape index (κ3) is 1.94. The molecule has 1 aromatic heterocycles. The molecule has 4 rings (SSSR count). The molecule has 3 aromatic rings. The zero-order chi connectivity index (χ0) is 15.0. The molecule has 0 unspecified atom stereocenters. The fourth-order valence-electron chi connectivity index (χ4n) is 3.28. The predicted molar refractivity (Wildman–Crippen MR) is 89.6 cm³/mol. The zero-order valence-corrected chi connectivity index (χ0v) is 12.2. The molecule has 0 bridgehead atoms. The molecule has 0 fully saturated rings. The van der Waals surface area contributed by atoms with Crippen LogP contribution in [0.15, 0.2) is 72.9 Å². The van der Waals surface area contributed by atoms with Crippen molar-refractivity contribution in [1.82, 2.24) is 4.98 Å². The lowest BCUT2D eigenvalue weighted by Gasteiger charge is -2.31. The van der Waals surface area contributed by atoms with E-state index in [2.05, 4.69) is 58.8 Å². The van der Waals surface area contributed by atoms with Crippen molar-refractivity contribution in [1.29, 1.82) is 0 Å². The molecular weight excluding hydrogens is 270 g/mol. The molecule has 1 aliphatic heterocycles. The van der Waals surface area contributed by atoms with Gasteiger partial charge in [-0.1, -0.05) is 60.7 Å². The van der Waals surface area contributed by atoms with Gasteiger partial charge in [-0.15, -0.1) is 0 Å². The minimum atomic E-state index is -0.264. The second-order valence-electron chi connectivity index (χ2n) is 5.71. The number of nitrogens with one attached hydrogen (secondary N) is 1. The van der Waals surface area contributed by atoms with Crippen molar-refractivity contribution in [3.05, 3.63) is 89.6 Å². The molecule has 0 saturated carbocycles. The van der Waals surface area contributed by atoms with E-state index in [-0.39, 0.29) is 5.54 Å². The standard InChI is InChI=1S/C19H17N3/c20-18-11-17-14(13-21-18)12-19(22-17,15-7-3-1-4-8-15)16-9-5-2-6-10-16/h1-11,13,22H,12H2,(H2,20,21). The van der Waals surface area contributed by atoms with Crippen LogP contribution in [0.5, 0.6) is 0 Å². The van der Waals surface area contributed by atoms with Crippen molar-refractivity contribution >= 4 is 11.5 Å². The Morgan fingerprint density at radius 1 is 0.909 bits per heavy atom. The van der Waals surface area contributed by atoms with E-state index in [4.69, 9.17) is 5.73 Å². The molecule has 0 radical (unpaired) electrons. The van der Waals surface area contributed by atoms with E-state index in [1.807, 2.05) is 24.4 Å². The molecule has 3 nitrogen and oxygen atoms in total. The summed E-state index contributed by atoms with van der Waals surface area (Å²) in [6.07, 6.45) is 2.74. The summed E-state index contributed by atoms with van der Waals surface area (Å²) in [6, 6.07) is 23.0. The SMILES string of the molecule is Nc1cc2c(cn1)CC(c1ccccc1)(c1ccccc1)N2. The highest BCUT2D eigenvalue weighted by Gasteiger charge is 2.40. The highest BCUT2D eigenvalue weighted by molar-refractivity contribution is 5.66. The van der Waals surface area contributed by atoms with Crippen LogP contribution in [0.3, 0.4) is 0 Å². The number of hydrogen-bond acceptors (Lipinski definition) is 3. The van der Waals surface area contributed by atoms with Crippen LogP contribution in [-0.2, 0) is 12.0 Å². The van der Waals surface area contributed by atoms with Crippen LogP contribution in [0.4, 0.5) is 11.5 Å². The van der Waals surface area contributed by atoms with Crippen LogP contribution in [-0.4, -0.2) is 4.98 Å². The zero-order valence-electron chi connectivity index (χ0n) is 12.2. The van der Waals surface area contributed by atoms with Crippen LogP contribution >= 0.6 is 0 Å². The first-order valence-corrected chi connectivity index (χ1v) is 7.41. The summed E-state index contributed by atoms with van der Waals surface area (Å²) in [7, 11) is 0. The first-order valence-electron chi connectivity index (χ1n) is 7.41. The van der Waals surface area contributed by atoms with Crippen molar-refractivity contribution < 1.29 is 0 Å². The van der Waals surface area contributed by atoms with Gasteiger partial charge in [-0.25, -0.2) is 4.98 Å². The molecule has 0 spiro atoms. The van der Waals surface area contributed by atoms with Crippen molar-refractivity contribution in [3.63, 3.8) is 0 Å². The molecule has 2 aromatic carbocycles. The Morgan fingerprint density at radius 2 is 1.50 bits per heavy atom. The summed E-state index contributed by atoms with van der Waals surface area (Å²) in [5.74, 6) is 0.545. The number of nitrogen functional groups attached to an aromatic ring is 1. The summed E-state index contributed by atoms with van der Waals surface area (Å²) in [6.45, 7) is 0. The normalized spacial score (nSPS) is 15.1. The van der Waals surface area contributed by atoms with Gasteiger partial charge in [0, 0.05) is 24.4 Å². The Bertz CT molecular complexity index is 758. The van der Waals surface area contributed by atoms with Crippen molar-refractivity contribution in [3.8, 4) is 0 Å². The molecule has 0 aliphatic carbocycles. The van der Waals surface area contributed by atoms with Gasteiger partial charge in [0.05, 0.1) is 5.54 Å². The van der Waals surface area contributed by atoms with Gasteiger partial charge in [-0.2, -0.15) is 0 Å². The second-order valence-corrected chi connectivity index (χ2v) is 5.71. The van der Waals surface area contributed by atoms with E-state index >= 15 is 0 Å². The van der Waals surface area contributed by atoms with Gasteiger partial charge in [0.15, 0.2) is 0 Å². The minimum absolute atomic E-state index is 0.264. The van der Waals surface area contributed by atoms with Gasteiger partial charge in [0.2, 0.25) is 0 Å². The molecule has 2 heterocycles. The number of aromatic nitrogens is 1. The number of fused-ring (bicyclic) bond motifs is 1. The maximum absolute atomic E-state index is 5.85. The second kappa shape index (κ2) is 4.88. The quantitative estimate of drug-likeness (QED) is 0.757. The average Bonchev–Trinajstić information content (AvgIpc) is 2.96. The van der Waals surface area contributed by atoms with Crippen molar-refractivity contribution in [2.45, 2.75) is 12.0 Å². The Labute approximate surface area is 129 Å². The number of hydrogen-bond donors (Lipinski definition) is 2. The lowest BCUT2D eigenvalue weighted by molar-refractivity contribution is 0.616. The lowest BCUT2D eigenvalue weighted by Crippen LogP contribution is -2.34. The minimum Gasteiger partial charge on any atom is -0.384 e. The Hall–Kier alpha value is -2.81. The van der Waals surface area contributed by atoms with E-state index in [1.54, 1.807) is 0 Å². The molecule has 108 valence electrons. The van der Waals surface area contributed by atoms with Crippen LogP contribution in [0.2, 0.25) is 0 Å². The highest BCUT2D eigenvalue weighted by atomic mass is 15.0. The van der Waals surface area contributed by atoms with Crippen LogP contribution in [0.1, 0.15) is 16.7 Å². The first kappa shape index (κ1) is 12.9. The number of nitrogens with two attached hydrogens (primary N) is 1. The fourth-order valence-corrected chi connectivity index (χ4v) is 3.28. The van der Waals surface area contributed by atoms with Gasteiger partial charge in [-0.3, -0.25) is 0 Å². The maximum atomic E-state index is 5.85. The lowest BCUT2D eigenvalue weighted by atomic mass is 9.81. The summed E-state index contributed by atoms with van der Waals surface area (Å²) in [5.41, 5.74) is 10.3. The van der Waals surface area contributed by atoms with E-state index in [0.717, 1.165) is 12.1 Å². The van der Waals surface area contributed by atoms with Gasteiger partial charge in [-0.05, 0) is 16.7 Å². The van der Waals surface area contributed by atoms with Gasteiger partial charge in [0.1, 0.15) is 5.82 Å². The molecule has 1 aliphatic rings. The number of pyridine rings is 1. The van der Waals surface area contributed by atoms with E-state index < -0.39 is 0 Å². The summed E-state index contributed by atoms with van der Waals surface area (Å²) >= 11 is 0. The van der Waals surface area contributed by atoms with Crippen molar-refractivity contribution in [2.24, 2.45) is 0 Å².